The molecule has 5 nitrogen and oxygen atoms in total. The lowest BCUT2D eigenvalue weighted by Gasteiger charge is -2.17. The molecule has 0 saturated heterocycles. The van der Waals surface area contributed by atoms with E-state index < -0.39 is 6.29 Å². The van der Waals surface area contributed by atoms with Gasteiger partial charge in [-0.2, -0.15) is 0 Å². The molecular formula is C12H19NO4. The summed E-state index contributed by atoms with van der Waals surface area (Å²) in [6.07, 6.45) is 1.08. The molecule has 1 aromatic rings. The van der Waals surface area contributed by atoms with Crippen LogP contribution in [0.5, 0.6) is 0 Å². The summed E-state index contributed by atoms with van der Waals surface area (Å²) >= 11 is 0. The van der Waals surface area contributed by atoms with Gasteiger partial charge in [-0.1, -0.05) is 0 Å². The van der Waals surface area contributed by atoms with Gasteiger partial charge in [-0.15, -0.1) is 0 Å². The van der Waals surface area contributed by atoms with E-state index in [1.807, 2.05) is 20.8 Å². The summed E-state index contributed by atoms with van der Waals surface area (Å²) in [7, 11) is 0. The summed E-state index contributed by atoms with van der Waals surface area (Å²) in [6.45, 7) is 6.97. The molecular weight excluding hydrogens is 222 g/mol. The standard InChI is InChI=1S/C12H19NO4/c1-4-15-10(16-5-2)8-13-12(14)11-9(3)6-7-17-11/h6-7,10H,4-5,8H2,1-3H3,(H,13,14). The second-order valence-electron chi connectivity index (χ2n) is 3.48. The van der Waals surface area contributed by atoms with Crippen molar-refractivity contribution in [3.05, 3.63) is 23.7 Å². The summed E-state index contributed by atoms with van der Waals surface area (Å²) in [5, 5.41) is 2.71. The highest BCUT2D eigenvalue weighted by Gasteiger charge is 2.15. The van der Waals surface area contributed by atoms with Gasteiger partial charge in [0.05, 0.1) is 12.8 Å². The van der Waals surface area contributed by atoms with E-state index >= 15 is 0 Å². The van der Waals surface area contributed by atoms with Crippen LogP contribution in [0.15, 0.2) is 16.7 Å². The Balaban J connectivity index is 2.43. The summed E-state index contributed by atoms with van der Waals surface area (Å²) in [4.78, 5) is 11.7. The number of hydrogen-bond acceptors (Lipinski definition) is 4. The third-order valence-electron chi connectivity index (χ3n) is 2.20. The van der Waals surface area contributed by atoms with Crippen LogP contribution in [-0.2, 0) is 9.47 Å². The molecule has 1 aromatic heterocycles. The number of aryl methyl sites for hydroxylation is 1. The molecule has 0 aliphatic carbocycles. The van der Waals surface area contributed by atoms with Crippen molar-refractivity contribution in [3.8, 4) is 0 Å². The molecule has 1 rings (SSSR count). The Morgan fingerprint density at radius 2 is 2.06 bits per heavy atom. The van der Waals surface area contributed by atoms with E-state index in [1.165, 1.54) is 6.26 Å². The van der Waals surface area contributed by atoms with E-state index in [0.717, 1.165) is 5.56 Å². The van der Waals surface area contributed by atoms with Crippen LogP contribution in [0.2, 0.25) is 0 Å². The molecule has 0 unspecified atom stereocenters. The average molecular weight is 241 g/mol. The Morgan fingerprint density at radius 3 is 2.53 bits per heavy atom. The van der Waals surface area contributed by atoms with Crippen LogP contribution in [0.3, 0.4) is 0 Å². The molecule has 0 saturated carbocycles. The normalized spacial score (nSPS) is 10.8. The predicted molar refractivity (Wildman–Crippen MR) is 62.8 cm³/mol. The Morgan fingerprint density at radius 1 is 1.41 bits per heavy atom. The molecule has 96 valence electrons. The SMILES string of the molecule is CCOC(CNC(=O)c1occc1C)OCC. The van der Waals surface area contributed by atoms with Gasteiger partial charge in [0.15, 0.2) is 12.1 Å². The maximum absolute atomic E-state index is 11.7. The predicted octanol–water partition coefficient (Wildman–Crippen LogP) is 1.72. The molecule has 17 heavy (non-hydrogen) atoms. The average Bonchev–Trinajstić information content (AvgIpc) is 2.72. The number of furan rings is 1. The van der Waals surface area contributed by atoms with Crippen LogP contribution in [0.25, 0.3) is 0 Å². The van der Waals surface area contributed by atoms with E-state index in [4.69, 9.17) is 13.9 Å². The Hall–Kier alpha value is -1.33. The second-order valence-corrected chi connectivity index (χ2v) is 3.48. The first-order valence-corrected chi connectivity index (χ1v) is 5.74. The van der Waals surface area contributed by atoms with Gasteiger partial charge in [-0.05, 0) is 26.8 Å². The maximum atomic E-state index is 11.7. The fraction of sp³-hybridized carbons (Fsp3) is 0.583. The molecule has 0 aliphatic heterocycles. The second kappa shape index (κ2) is 7.09. The van der Waals surface area contributed by atoms with Crippen molar-refractivity contribution >= 4 is 5.91 Å². The third-order valence-corrected chi connectivity index (χ3v) is 2.20. The van der Waals surface area contributed by atoms with Crippen LogP contribution < -0.4 is 5.32 Å². The molecule has 0 radical (unpaired) electrons. The van der Waals surface area contributed by atoms with Gasteiger partial charge < -0.3 is 19.2 Å². The lowest BCUT2D eigenvalue weighted by molar-refractivity contribution is -0.131. The zero-order valence-corrected chi connectivity index (χ0v) is 10.5. The first-order chi connectivity index (χ1) is 8.19. The summed E-state index contributed by atoms with van der Waals surface area (Å²) in [6, 6.07) is 1.75. The number of carbonyl (C=O) groups excluding carboxylic acids is 1. The van der Waals surface area contributed by atoms with E-state index in [9.17, 15) is 4.79 Å². The lowest BCUT2D eigenvalue weighted by atomic mass is 10.3. The molecule has 0 bridgehead atoms. The Kier molecular flexibility index (Phi) is 5.72. The topological polar surface area (TPSA) is 60.7 Å². The fourth-order valence-corrected chi connectivity index (χ4v) is 1.40. The van der Waals surface area contributed by atoms with Gasteiger partial charge in [0.2, 0.25) is 0 Å². The van der Waals surface area contributed by atoms with Crippen molar-refractivity contribution in [2.24, 2.45) is 0 Å². The Bertz CT molecular complexity index is 342. The van der Waals surface area contributed by atoms with Crippen molar-refractivity contribution in [1.82, 2.24) is 5.32 Å². The van der Waals surface area contributed by atoms with Crippen LogP contribution in [0.4, 0.5) is 0 Å². The highest BCUT2D eigenvalue weighted by Crippen LogP contribution is 2.08. The molecule has 1 N–H and O–H groups in total. The quantitative estimate of drug-likeness (QED) is 0.738. The summed E-state index contributed by atoms with van der Waals surface area (Å²) in [5.74, 6) is 0.0775. The Labute approximate surface area is 101 Å². The number of ether oxygens (including phenoxy) is 2. The minimum Gasteiger partial charge on any atom is -0.459 e. The van der Waals surface area contributed by atoms with Crippen LogP contribution in [-0.4, -0.2) is 32.0 Å². The molecule has 0 spiro atoms. The van der Waals surface area contributed by atoms with Crippen molar-refractivity contribution in [2.75, 3.05) is 19.8 Å². The van der Waals surface area contributed by atoms with Gasteiger partial charge in [0, 0.05) is 18.8 Å². The van der Waals surface area contributed by atoms with Crippen LogP contribution >= 0.6 is 0 Å². The van der Waals surface area contributed by atoms with Gasteiger partial charge in [-0.3, -0.25) is 4.79 Å². The van der Waals surface area contributed by atoms with E-state index in [2.05, 4.69) is 5.32 Å². The van der Waals surface area contributed by atoms with Crippen molar-refractivity contribution < 1.29 is 18.7 Å². The van der Waals surface area contributed by atoms with E-state index in [0.29, 0.717) is 25.5 Å². The van der Waals surface area contributed by atoms with Gasteiger partial charge in [0.1, 0.15) is 0 Å². The highest BCUT2D eigenvalue weighted by molar-refractivity contribution is 5.92. The smallest absolute Gasteiger partial charge is 0.287 e. The summed E-state index contributed by atoms with van der Waals surface area (Å²) < 4.78 is 15.7. The van der Waals surface area contributed by atoms with E-state index in [-0.39, 0.29) is 5.91 Å². The third kappa shape index (κ3) is 4.20. The van der Waals surface area contributed by atoms with Crippen molar-refractivity contribution in [3.63, 3.8) is 0 Å². The molecule has 0 aliphatic rings. The van der Waals surface area contributed by atoms with Gasteiger partial charge in [0.25, 0.3) is 5.91 Å². The molecule has 0 atom stereocenters. The minimum absolute atomic E-state index is 0.253. The largest absolute Gasteiger partial charge is 0.459 e. The minimum atomic E-state index is -0.413. The molecule has 5 heteroatoms. The fourth-order valence-electron chi connectivity index (χ4n) is 1.40. The highest BCUT2D eigenvalue weighted by atomic mass is 16.7. The molecule has 1 amide bonds. The number of nitrogens with one attached hydrogen (secondary N) is 1. The van der Waals surface area contributed by atoms with Crippen LogP contribution in [0.1, 0.15) is 30.0 Å². The first-order valence-electron chi connectivity index (χ1n) is 5.74. The van der Waals surface area contributed by atoms with E-state index in [1.54, 1.807) is 6.07 Å². The number of rotatable bonds is 7. The number of carbonyl (C=O) groups is 1. The molecule has 1 heterocycles. The van der Waals surface area contributed by atoms with Gasteiger partial charge in [-0.25, -0.2) is 0 Å². The van der Waals surface area contributed by atoms with Crippen LogP contribution in [0, 0.1) is 6.92 Å². The van der Waals surface area contributed by atoms with Crippen molar-refractivity contribution in [1.29, 1.82) is 0 Å². The first kappa shape index (κ1) is 13.7. The van der Waals surface area contributed by atoms with Gasteiger partial charge >= 0.3 is 0 Å². The number of amides is 1. The summed E-state index contributed by atoms with van der Waals surface area (Å²) in [5.41, 5.74) is 0.812. The maximum Gasteiger partial charge on any atom is 0.287 e. The number of hydrogen-bond donors (Lipinski definition) is 1. The lowest BCUT2D eigenvalue weighted by Crippen LogP contribution is -2.35. The van der Waals surface area contributed by atoms with Crippen molar-refractivity contribution in [2.45, 2.75) is 27.1 Å². The monoisotopic (exact) mass is 241 g/mol. The zero-order valence-electron chi connectivity index (χ0n) is 10.5. The molecule has 0 fully saturated rings. The zero-order chi connectivity index (χ0) is 12.7. The molecule has 0 aromatic carbocycles.